The van der Waals surface area contributed by atoms with Crippen molar-refractivity contribution in [1.82, 2.24) is 15.3 Å². The van der Waals surface area contributed by atoms with Gasteiger partial charge in [0.1, 0.15) is 23.2 Å². The zero-order chi connectivity index (χ0) is 22.0. The summed E-state index contributed by atoms with van der Waals surface area (Å²) < 4.78 is 51.9. The minimum atomic E-state index is -0.746. The molecule has 0 fully saturated rings. The van der Waals surface area contributed by atoms with E-state index in [1.165, 1.54) is 36.5 Å². The predicted octanol–water partition coefficient (Wildman–Crippen LogP) is 5.02. The number of ether oxygens (including phenoxy) is 1. The number of halogens is 3. The Morgan fingerprint density at radius 3 is 2.65 bits per heavy atom. The Balaban J connectivity index is 1.52. The summed E-state index contributed by atoms with van der Waals surface area (Å²) in [6.07, 6.45) is 1.03. The number of aromatic amines is 1. The lowest BCUT2D eigenvalue weighted by molar-refractivity contribution is 0.146. The number of aromatic nitrogens is 2. The fraction of sp³-hybridized carbons (Fsp3) is 0.182. The van der Waals surface area contributed by atoms with Crippen molar-refractivity contribution in [2.24, 2.45) is 0 Å². The van der Waals surface area contributed by atoms with Crippen molar-refractivity contribution in [1.29, 1.82) is 0 Å². The number of hydrogen-bond acceptors (Lipinski definition) is 4. The lowest BCUT2D eigenvalue weighted by atomic mass is 10.0. The SMILES string of the molecule is Cc1cnc(CNC(=O)OCCc2c(-c3ccc(F)cc3)[nH]c3c(F)cc(F)cc23)o1. The third-order valence-corrected chi connectivity index (χ3v) is 4.70. The first-order valence-electron chi connectivity index (χ1n) is 9.48. The molecule has 2 N–H and O–H groups in total. The van der Waals surface area contributed by atoms with Crippen LogP contribution in [0.2, 0.25) is 0 Å². The van der Waals surface area contributed by atoms with Gasteiger partial charge in [0.2, 0.25) is 5.89 Å². The highest BCUT2D eigenvalue weighted by Crippen LogP contribution is 2.33. The van der Waals surface area contributed by atoms with Crippen molar-refractivity contribution in [2.75, 3.05) is 6.61 Å². The van der Waals surface area contributed by atoms with Crippen molar-refractivity contribution in [3.63, 3.8) is 0 Å². The number of amides is 1. The number of hydrogen-bond donors (Lipinski definition) is 2. The standard InChI is InChI=1S/C22H18F3N3O3/c1-12-10-26-19(31-12)11-27-22(29)30-7-6-16-17-8-15(24)9-18(25)21(17)28-20(16)13-2-4-14(23)5-3-13/h2-5,8-10,28H,6-7,11H2,1H3,(H,27,29). The fourth-order valence-corrected chi connectivity index (χ4v) is 3.32. The molecular weight excluding hydrogens is 411 g/mol. The number of nitrogens with one attached hydrogen (secondary N) is 2. The van der Waals surface area contributed by atoms with Crippen LogP contribution >= 0.6 is 0 Å². The number of alkyl carbamates (subject to hydrolysis) is 1. The summed E-state index contributed by atoms with van der Waals surface area (Å²) in [4.78, 5) is 18.9. The van der Waals surface area contributed by atoms with E-state index in [9.17, 15) is 18.0 Å². The van der Waals surface area contributed by atoms with Crippen LogP contribution in [0.15, 0.2) is 47.0 Å². The number of rotatable bonds is 6. The number of oxazole rings is 1. The van der Waals surface area contributed by atoms with E-state index in [-0.39, 0.29) is 25.1 Å². The monoisotopic (exact) mass is 429 g/mol. The summed E-state index contributed by atoms with van der Waals surface area (Å²) in [5.74, 6) is -0.923. The molecular formula is C22H18F3N3O3. The van der Waals surface area contributed by atoms with E-state index in [0.29, 0.717) is 33.9 Å². The lowest BCUT2D eigenvalue weighted by Crippen LogP contribution is -2.24. The maximum Gasteiger partial charge on any atom is 0.407 e. The van der Waals surface area contributed by atoms with Crippen molar-refractivity contribution in [3.05, 3.63) is 77.3 Å². The van der Waals surface area contributed by atoms with Gasteiger partial charge in [-0.05, 0) is 48.4 Å². The molecule has 9 heteroatoms. The normalized spacial score (nSPS) is 11.1. The summed E-state index contributed by atoms with van der Waals surface area (Å²) in [6.45, 7) is 1.76. The van der Waals surface area contributed by atoms with E-state index >= 15 is 0 Å². The maximum absolute atomic E-state index is 14.3. The molecule has 0 unspecified atom stereocenters. The molecule has 2 heterocycles. The average molecular weight is 429 g/mol. The van der Waals surface area contributed by atoms with Crippen LogP contribution < -0.4 is 5.32 Å². The van der Waals surface area contributed by atoms with Crippen LogP contribution in [0, 0.1) is 24.4 Å². The summed E-state index contributed by atoms with van der Waals surface area (Å²) in [5.41, 5.74) is 1.77. The van der Waals surface area contributed by atoms with Gasteiger partial charge in [0.15, 0.2) is 0 Å². The molecule has 31 heavy (non-hydrogen) atoms. The second-order valence-electron chi connectivity index (χ2n) is 6.90. The zero-order valence-electron chi connectivity index (χ0n) is 16.5. The van der Waals surface area contributed by atoms with Gasteiger partial charge in [-0.15, -0.1) is 0 Å². The summed E-state index contributed by atoms with van der Waals surface area (Å²) in [6, 6.07) is 7.60. The zero-order valence-corrected chi connectivity index (χ0v) is 16.5. The Bertz CT molecular complexity index is 1230. The quantitative estimate of drug-likeness (QED) is 0.451. The van der Waals surface area contributed by atoms with Crippen LogP contribution in [0.1, 0.15) is 17.2 Å². The number of carbonyl (C=O) groups excluding carboxylic acids is 1. The van der Waals surface area contributed by atoms with Crippen LogP contribution in [-0.4, -0.2) is 22.7 Å². The number of fused-ring (bicyclic) bond motifs is 1. The van der Waals surface area contributed by atoms with E-state index in [2.05, 4.69) is 15.3 Å². The van der Waals surface area contributed by atoms with Gasteiger partial charge in [0.25, 0.3) is 0 Å². The topological polar surface area (TPSA) is 80.1 Å². The highest BCUT2D eigenvalue weighted by molar-refractivity contribution is 5.91. The van der Waals surface area contributed by atoms with Crippen LogP contribution in [0.3, 0.4) is 0 Å². The molecule has 2 aromatic heterocycles. The first kappa shape index (κ1) is 20.5. The molecule has 0 atom stereocenters. The van der Waals surface area contributed by atoms with Gasteiger partial charge in [-0.25, -0.2) is 22.9 Å². The van der Waals surface area contributed by atoms with Gasteiger partial charge in [-0.3, -0.25) is 0 Å². The predicted molar refractivity (Wildman–Crippen MR) is 107 cm³/mol. The lowest BCUT2D eigenvalue weighted by Gasteiger charge is -2.08. The smallest absolute Gasteiger partial charge is 0.407 e. The number of nitrogens with zero attached hydrogens (tertiary/aromatic N) is 1. The minimum Gasteiger partial charge on any atom is -0.449 e. The van der Waals surface area contributed by atoms with Crippen molar-refractivity contribution >= 4 is 17.0 Å². The molecule has 4 aromatic rings. The van der Waals surface area contributed by atoms with E-state index in [1.807, 2.05) is 0 Å². The van der Waals surface area contributed by atoms with Crippen LogP contribution in [0.25, 0.3) is 22.2 Å². The maximum atomic E-state index is 14.3. The average Bonchev–Trinajstić information content (AvgIpc) is 3.31. The number of carbonyl (C=O) groups is 1. The van der Waals surface area contributed by atoms with Crippen LogP contribution in [0.5, 0.6) is 0 Å². The Morgan fingerprint density at radius 1 is 1.16 bits per heavy atom. The molecule has 0 aliphatic carbocycles. The molecule has 0 saturated heterocycles. The van der Waals surface area contributed by atoms with Crippen molar-refractivity contribution in [3.8, 4) is 11.3 Å². The molecule has 0 bridgehead atoms. The highest BCUT2D eigenvalue weighted by atomic mass is 19.1. The molecule has 0 radical (unpaired) electrons. The van der Waals surface area contributed by atoms with E-state index in [1.54, 1.807) is 6.92 Å². The van der Waals surface area contributed by atoms with Crippen LogP contribution in [0.4, 0.5) is 18.0 Å². The van der Waals surface area contributed by atoms with Gasteiger partial charge >= 0.3 is 6.09 Å². The largest absolute Gasteiger partial charge is 0.449 e. The molecule has 0 spiro atoms. The van der Waals surface area contributed by atoms with Gasteiger partial charge in [0, 0.05) is 23.6 Å². The van der Waals surface area contributed by atoms with Gasteiger partial charge in [-0.1, -0.05) is 0 Å². The Kier molecular flexibility index (Phi) is 5.66. The van der Waals surface area contributed by atoms with Crippen molar-refractivity contribution < 1.29 is 27.1 Å². The Hall–Kier alpha value is -3.75. The first-order valence-corrected chi connectivity index (χ1v) is 9.48. The number of aryl methyl sites for hydroxylation is 1. The fourth-order valence-electron chi connectivity index (χ4n) is 3.32. The second kappa shape index (κ2) is 8.55. The Labute approximate surface area is 175 Å². The molecule has 0 aliphatic heterocycles. The van der Waals surface area contributed by atoms with Gasteiger partial charge < -0.3 is 19.5 Å². The third kappa shape index (κ3) is 4.55. The molecule has 0 saturated carbocycles. The third-order valence-electron chi connectivity index (χ3n) is 4.70. The van der Waals surface area contributed by atoms with E-state index in [0.717, 1.165) is 6.07 Å². The molecule has 2 aromatic carbocycles. The van der Waals surface area contributed by atoms with Gasteiger partial charge in [0.05, 0.1) is 24.9 Å². The molecule has 4 rings (SSSR count). The summed E-state index contributed by atoms with van der Waals surface area (Å²) in [7, 11) is 0. The van der Waals surface area contributed by atoms with Crippen LogP contribution in [-0.2, 0) is 17.7 Å². The second-order valence-corrected chi connectivity index (χ2v) is 6.90. The molecule has 0 aliphatic rings. The summed E-state index contributed by atoms with van der Waals surface area (Å²) in [5, 5.41) is 2.84. The summed E-state index contributed by atoms with van der Waals surface area (Å²) >= 11 is 0. The highest BCUT2D eigenvalue weighted by Gasteiger charge is 2.18. The number of H-pyrrole nitrogens is 1. The number of benzene rings is 2. The van der Waals surface area contributed by atoms with E-state index < -0.39 is 23.5 Å². The molecule has 160 valence electrons. The van der Waals surface area contributed by atoms with E-state index in [4.69, 9.17) is 9.15 Å². The minimum absolute atomic E-state index is 0.0459. The first-order chi connectivity index (χ1) is 14.9. The molecule has 6 nitrogen and oxygen atoms in total. The van der Waals surface area contributed by atoms with Gasteiger partial charge in [-0.2, -0.15) is 0 Å². The molecule has 1 amide bonds. The van der Waals surface area contributed by atoms with Crippen molar-refractivity contribution in [2.45, 2.75) is 19.9 Å². The Morgan fingerprint density at radius 2 is 1.94 bits per heavy atom.